The summed E-state index contributed by atoms with van der Waals surface area (Å²) in [7, 11) is 0. The van der Waals surface area contributed by atoms with E-state index in [0.29, 0.717) is 0 Å². The highest BCUT2D eigenvalue weighted by Gasteiger charge is 2.45. The number of nitrogens with zero attached hydrogens (tertiary/aromatic N) is 1. The van der Waals surface area contributed by atoms with Crippen molar-refractivity contribution in [3.63, 3.8) is 0 Å². The molecule has 0 aliphatic carbocycles. The molecule has 3 heterocycles. The lowest BCUT2D eigenvalue weighted by molar-refractivity contribution is -0.0810. The van der Waals surface area contributed by atoms with Crippen molar-refractivity contribution in [2.75, 3.05) is 13.1 Å². The second-order valence-electron chi connectivity index (χ2n) is 6.09. The van der Waals surface area contributed by atoms with E-state index in [1.165, 1.54) is 10.9 Å². The number of benzene rings is 1. The third kappa shape index (κ3) is 1.58. The third-order valence-electron chi connectivity index (χ3n) is 4.71. The van der Waals surface area contributed by atoms with Gasteiger partial charge in [0.25, 0.3) is 0 Å². The van der Waals surface area contributed by atoms with E-state index in [-0.39, 0.29) is 6.04 Å². The Morgan fingerprint density at radius 3 is 3.05 bits per heavy atom. The first-order valence-corrected chi connectivity index (χ1v) is 7.13. The Bertz CT molecular complexity index is 629. The van der Waals surface area contributed by atoms with Gasteiger partial charge < -0.3 is 9.52 Å². The summed E-state index contributed by atoms with van der Waals surface area (Å²) in [6.45, 7) is 4.04. The summed E-state index contributed by atoms with van der Waals surface area (Å²) in [5.74, 6) is 0.997. The van der Waals surface area contributed by atoms with Crippen molar-refractivity contribution in [2.45, 2.75) is 37.8 Å². The number of aliphatic hydroxyl groups is 1. The van der Waals surface area contributed by atoms with Crippen LogP contribution in [0.1, 0.15) is 37.1 Å². The summed E-state index contributed by atoms with van der Waals surface area (Å²) in [5.41, 5.74) is 1.58. The summed E-state index contributed by atoms with van der Waals surface area (Å²) in [5, 5.41) is 12.0. The van der Waals surface area contributed by atoms with Crippen molar-refractivity contribution in [3.05, 3.63) is 35.6 Å². The molecule has 0 radical (unpaired) electrons. The fourth-order valence-corrected chi connectivity index (χ4v) is 3.84. The Morgan fingerprint density at radius 2 is 2.16 bits per heavy atom. The molecule has 1 aromatic heterocycles. The zero-order valence-electron chi connectivity index (χ0n) is 11.2. The van der Waals surface area contributed by atoms with Gasteiger partial charge in [0.05, 0.1) is 11.6 Å². The summed E-state index contributed by atoms with van der Waals surface area (Å²) in [6, 6.07) is 8.25. The fourth-order valence-electron chi connectivity index (χ4n) is 3.84. The van der Waals surface area contributed by atoms with Gasteiger partial charge in [0.1, 0.15) is 11.3 Å². The Kier molecular flexibility index (Phi) is 2.32. The van der Waals surface area contributed by atoms with Gasteiger partial charge in [-0.2, -0.15) is 0 Å². The van der Waals surface area contributed by atoms with Crippen LogP contribution in [0.15, 0.2) is 28.7 Å². The molecule has 1 unspecified atom stereocenters. The van der Waals surface area contributed by atoms with Gasteiger partial charge in [0.15, 0.2) is 0 Å². The van der Waals surface area contributed by atoms with Gasteiger partial charge in [-0.3, -0.25) is 4.90 Å². The molecule has 1 N–H and O–H groups in total. The first kappa shape index (κ1) is 11.5. The normalized spacial score (nSPS) is 31.2. The van der Waals surface area contributed by atoms with Crippen molar-refractivity contribution >= 4 is 11.0 Å². The molecule has 1 saturated heterocycles. The Labute approximate surface area is 112 Å². The molecule has 1 aromatic carbocycles. The average molecular weight is 257 g/mol. The van der Waals surface area contributed by atoms with Gasteiger partial charge >= 0.3 is 0 Å². The minimum Gasteiger partial charge on any atom is -0.459 e. The maximum Gasteiger partial charge on any atom is 0.134 e. The summed E-state index contributed by atoms with van der Waals surface area (Å²) < 4.78 is 6.09. The van der Waals surface area contributed by atoms with Crippen LogP contribution in [0, 0.1) is 0 Å². The number of furan rings is 1. The number of hydrogen-bond donors (Lipinski definition) is 1. The molecular formula is C16H19NO2. The minimum absolute atomic E-state index is 0.0254. The first-order valence-electron chi connectivity index (χ1n) is 7.13. The van der Waals surface area contributed by atoms with Crippen LogP contribution in [0.3, 0.4) is 0 Å². The van der Waals surface area contributed by atoms with E-state index in [1.807, 2.05) is 19.1 Å². The predicted octanol–water partition coefficient (Wildman–Crippen LogP) is 2.88. The van der Waals surface area contributed by atoms with Crippen molar-refractivity contribution in [1.82, 2.24) is 4.90 Å². The monoisotopic (exact) mass is 257 g/mol. The van der Waals surface area contributed by atoms with Gasteiger partial charge in [0, 0.05) is 17.5 Å². The van der Waals surface area contributed by atoms with E-state index in [2.05, 4.69) is 17.0 Å². The van der Waals surface area contributed by atoms with Gasteiger partial charge in [0.2, 0.25) is 0 Å². The van der Waals surface area contributed by atoms with E-state index in [0.717, 1.165) is 43.7 Å². The standard InChI is InChI=1S/C16H19NO2/c1-16(18)8-4-9-17-10-7-12-11-5-2-3-6-13(11)19-14(12)15(16)17/h2-3,5-6,15,18H,4,7-10H2,1H3/t15?,16-/m0/s1. The lowest BCUT2D eigenvalue weighted by Crippen LogP contribution is -2.51. The highest BCUT2D eigenvalue weighted by Crippen LogP contribution is 2.45. The molecule has 0 amide bonds. The molecule has 2 aliphatic rings. The fraction of sp³-hybridized carbons (Fsp3) is 0.500. The van der Waals surface area contributed by atoms with E-state index in [4.69, 9.17) is 4.42 Å². The molecule has 3 nitrogen and oxygen atoms in total. The van der Waals surface area contributed by atoms with E-state index >= 15 is 0 Å². The summed E-state index contributed by atoms with van der Waals surface area (Å²) in [4.78, 5) is 2.38. The van der Waals surface area contributed by atoms with Gasteiger partial charge in [-0.25, -0.2) is 0 Å². The van der Waals surface area contributed by atoms with Crippen molar-refractivity contribution in [2.24, 2.45) is 0 Å². The van der Waals surface area contributed by atoms with E-state index < -0.39 is 5.60 Å². The van der Waals surface area contributed by atoms with Crippen molar-refractivity contribution in [3.8, 4) is 0 Å². The topological polar surface area (TPSA) is 36.6 Å². The average Bonchev–Trinajstić information content (AvgIpc) is 2.76. The second-order valence-corrected chi connectivity index (χ2v) is 6.09. The van der Waals surface area contributed by atoms with Crippen LogP contribution in [-0.2, 0) is 6.42 Å². The van der Waals surface area contributed by atoms with Crippen LogP contribution in [0.2, 0.25) is 0 Å². The first-order chi connectivity index (χ1) is 9.17. The Balaban J connectivity index is 1.93. The molecule has 19 heavy (non-hydrogen) atoms. The molecule has 2 aromatic rings. The molecule has 4 rings (SSSR count). The van der Waals surface area contributed by atoms with Crippen molar-refractivity contribution < 1.29 is 9.52 Å². The van der Waals surface area contributed by atoms with Crippen LogP contribution in [0.5, 0.6) is 0 Å². The zero-order valence-corrected chi connectivity index (χ0v) is 11.2. The molecule has 2 atom stereocenters. The predicted molar refractivity (Wildman–Crippen MR) is 74.1 cm³/mol. The molecular weight excluding hydrogens is 238 g/mol. The quantitative estimate of drug-likeness (QED) is 0.788. The number of para-hydroxylation sites is 1. The van der Waals surface area contributed by atoms with Gasteiger partial charge in [-0.15, -0.1) is 0 Å². The number of piperidine rings is 1. The zero-order chi connectivity index (χ0) is 13.0. The lowest BCUT2D eigenvalue weighted by Gasteiger charge is -2.46. The molecule has 2 aliphatic heterocycles. The highest BCUT2D eigenvalue weighted by molar-refractivity contribution is 5.82. The van der Waals surface area contributed by atoms with E-state index in [9.17, 15) is 5.11 Å². The smallest absolute Gasteiger partial charge is 0.134 e. The highest BCUT2D eigenvalue weighted by atomic mass is 16.3. The Hall–Kier alpha value is -1.32. The lowest BCUT2D eigenvalue weighted by atomic mass is 9.80. The molecule has 1 fully saturated rings. The number of hydrogen-bond acceptors (Lipinski definition) is 3. The summed E-state index contributed by atoms with van der Waals surface area (Å²) in [6.07, 6.45) is 2.95. The summed E-state index contributed by atoms with van der Waals surface area (Å²) >= 11 is 0. The number of fused-ring (bicyclic) bond motifs is 5. The van der Waals surface area contributed by atoms with Gasteiger partial charge in [-0.1, -0.05) is 18.2 Å². The Morgan fingerprint density at radius 1 is 1.32 bits per heavy atom. The maximum absolute atomic E-state index is 10.7. The van der Waals surface area contributed by atoms with Crippen LogP contribution in [0.4, 0.5) is 0 Å². The van der Waals surface area contributed by atoms with Crippen molar-refractivity contribution in [1.29, 1.82) is 0 Å². The molecule has 100 valence electrons. The maximum atomic E-state index is 10.7. The van der Waals surface area contributed by atoms with Crippen LogP contribution in [-0.4, -0.2) is 28.7 Å². The molecule has 0 bridgehead atoms. The van der Waals surface area contributed by atoms with Crippen LogP contribution >= 0.6 is 0 Å². The largest absolute Gasteiger partial charge is 0.459 e. The van der Waals surface area contributed by atoms with E-state index in [1.54, 1.807) is 0 Å². The molecule has 3 heteroatoms. The molecule has 0 spiro atoms. The van der Waals surface area contributed by atoms with Crippen LogP contribution in [0.25, 0.3) is 11.0 Å². The second kappa shape index (κ2) is 3.84. The van der Waals surface area contributed by atoms with Crippen LogP contribution < -0.4 is 0 Å². The van der Waals surface area contributed by atoms with Gasteiger partial charge in [-0.05, 0) is 38.8 Å². The number of rotatable bonds is 0. The molecule has 0 saturated carbocycles. The third-order valence-corrected chi connectivity index (χ3v) is 4.71. The SMILES string of the molecule is C[C@]1(O)CCCN2CCc3c(oc4ccccc34)C21. The minimum atomic E-state index is -0.679.